The number of nitrogens with one attached hydrogen (secondary N) is 2. The Balaban J connectivity index is 1.79. The predicted octanol–water partition coefficient (Wildman–Crippen LogP) is 3.94. The van der Waals surface area contributed by atoms with Gasteiger partial charge in [-0.25, -0.2) is 0 Å². The summed E-state index contributed by atoms with van der Waals surface area (Å²) >= 11 is 0. The van der Waals surface area contributed by atoms with Gasteiger partial charge < -0.3 is 19.8 Å². The van der Waals surface area contributed by atoms with Gasteiger partial charge in [0.15, 0.2) is 0 Å². The highest BCUT2D eigenvalue weighted by molar-refractivity contribution is 6.05. The number of hydrogen-bond acceptors (Lipinski definition) is 4. The highest BCUT2D eigenvalue weighted by Gasteiger charge is 2.18. The Morgan fingerprint density at radius 1 is 1.00 bits per heavy atom. The normalized spacial score (nSPS) is 12.1. The molecule has 6 heteroatoms. The van der Waals surface area contributed by atoms with Crippen LogP contribution < -0.4 is 15.4 Å². The van der Waals surface area contributed by atoms with Gasteiger partial charge in [-0.3, -0.25) is 9.59 Å². The molecule has 2 aromatic carbocycles. The monoisotopic (exact) mass is 390 g/mol. The molecule has 1 heterocycles. The number of carbonyl (C=O) groups excluding carboxylic acids is 2. The third-order valence-corrected chi connectivity index (χ3v) is 4.32. The van der Waals surface area contributed by atoms with Gasteiger partial charge in [0.05, 0.1) is 19.4 Å². The molecule has 0 saturated heterocycles. The standard InChI is InChI=1S/C23H22N2O4/c1-16(17-7-4-3-5-8-17)24-23(27)21(15-20-9-6-14-29-20)25-22(26)18-10-12-19(28-2)13-11-18/h3-16H,1-2H3,(H,24,27)(H,25,26). The van der Waals surface area contributed by atoms with Gasteiger partial charge in [0.1, 0.15) is 17.2 Å². The molecule has 1 aromatic heterocycles. The Kier molecular flexibility index (Phi) is 6.47. The SMILES string of the molecule is COc1ccc(C(=O)NC(=Cc2ccco2)C(=O)NC(C)c2ccccc2)cc1. The van der Waals surface area contributed by atoms with Crippen molar-refractivity contribution in [3.8, 4) is 5.75 Å². The van der Waals surface area contributed by atoms with Crippen LogP contribution in [0.2, 0.25) is 0 Å². The number of rotatable bonds is 7. The molecule has 6 nitrogen and oxygen atoms in total. The van der Waals surface area contributed by atoms with E-state index < -0.39 is 11.8 Å². The Labute approximate surface area is 169 Å². The second-order valence-electron chi connectivity index (χ2n) is 6.36. The lowest BCUT2D eigenvalue weighted by Gasteiger charge is -2.16. The summed E-state index contributed by atoms with van der Waals surface area (Å²) in [4.78, 5) is 25.5. The molecule has 0 saturated carbocycles. The van der Waals surface area contributed by atoms with Crippen molar-refractivity contribution in [2.75, 3.05) is 7.11 Å². The van der Waals surface area contributed by atoms with Crippen LogP contribution in [0.3, 0.4) is 0 Å². The molecule has 2 amide bonds. The lowest BCUT2D eigenvalue weighted by atomic mass is 10.1. The fourth-order valence-corrected chi connectivity index (χ4v) is 2.71. The van der Waals surface area contributed by atoms with Gasteiger partial charge in [-0.15, -0.1) is 0 Å². The fraction of sp³-hybridized carbons (Fsp3) is 0.130. The summed E-state index contributed by atoms with van der Waals surface area (Å²) in [7, 11) is 1.55. The van der Waals surface area contributed by atoms with Crippen molar-refractivity contribution in [2.45, 2.75) is 13.0 Å². The minimum Gasteiger partial charge on any atom is -0.497 e. The van der Waals surface area contributed by atoms with Crippen molar-refractivity contribution in [1.29, 1.82) is 0 Å². The van der Waals surface area contributed by atoms with Crippen LogP contribution in [0.4, 0.5) is 0 Å². The number of amides is 2. The van der Waals surface area contributed by atoms with Crippen molar-refractivity contribution in [1.82, 2.24) is 10.6 Å². The van der Waals surface area contributed by atoms with Crippen LogP contribution in [0.25, 0.3) is 6.08 Å². The molecule has 1 unspecified atom stereocenters. The van der Waals surface area contributed by atoms with E-state index in [1.54, 1.807) is 43.5 Å². The molecule has 0 fully saturated rings. The van der Waals surface area contributed by atoms with Crippen LogP contribution in [-0.2, 0) is 4.79 Å². The van der Waals surface area contributed by atoms with Crippen LogP contribution in [0.5, 0.6) is 5.75 Å². The zero-order valence-electron chi connectivity index (χ0n) is 16.2. The molecule has 3 aromatic rings. The molecule has 0 radical (unpaired) electrons. The van der Waals surface area contributed by atoms with Gasteiger partial charge in [0.25, 0.3) is 11.8 Å². The lowest BCUT2D eigenvalue weighted by molar-refractivity contribution is -0.118. The van der Waals surface area contributed by atoms with Crippen molar-refractivity contribution in [3.05, 3.63) is 95.6 Å². The van der Waals surface area contributed by atoms with Crippen LogP contribution in [-0.4, -0.2) is 18.9 Å². The fourth-order valence-electron chi connectivity index (χ4n) is 2.71. The van der Waals surface area contributed by atoms with E-state index in [1.807, 2.05) is 37.3 Å². The molecule has 1 atom stereocenters. The minimum atomic E-state index is -0.417. The Bertz CT molecular complexity index is 977. The summed E-state index contributed by atoms with van der Waals surface area (Å²) in [6.07, 6.45) is 2.99. The molecule has 0 aliphatic carbocycles. The summed E-state index contributed by atoms with van der Waals surface area (Å²) in [5, 5.41) is 5.58. The van der Waals surface area contributed by atoms with E-state index in [2.05, 4.69) is 10.6 Å². The second kappa shape index (κ2) is 9.41. The lowest BCUT2D eigenvalue weighted by Crippen LogP contribution is -2.36. The predicted molar refractivity (Wildman–Crippen MR) is 110 cm³/mol. The summed E-state index contributed by atoms with van der Waals surface area (Å²) < 4.78 is 10.4. The Morgan fingerprint density at radius 3 is 2.34 bits per heavy atom. The van der Waals surface area contributed by atoms with Crippen LogP contribution in [0.15, 0.2) is 83.1 Å². The first-order chi connectivity index (χ1) is 14.1. The first kappa shape index (κ1) is 19.9. The second-order valence-corrected chi connectivity index (χ2v) is 6.36. The van der Waals surface area contributed by atoms with Gasteiger partial charge in [0.2, 0.25) is 0 Å². The van der Waals surface area contributed by atoms with E-state index >= 15 is 0 Å². The molecule has 0 aliphatic heterocycles. The zero-order valence-corrected chi connectivity index (χ0v) is 16.2. The summed E-state index contributed by atoms with van der Waals surface area (Å²) in [5.41, 5.74) is 1.45. The van der Waals surface area contributed by atoms with Crippen molar-refractivity contribution in [2.24, 2.45) is 0 Å². The molecule has 3 rings (SSSR count). The average Bonchev–Trinajstić information content (AvgIpc) is 3.27. The zero-order chi connectivity index (χ0) is 20.6. The first-order valence-electron chi connectivity index (χ1n) is 9.13. The van der Waals surface area contributed by atoms with Crippen LogP contribution in [0.1, 0.15) is 34.6 Å². The summed E-state index contributed by atoms with van der Waals surface area (Å²) in [5.74, 6) is 0.271. The van der Waals surface area contributed by atoms with Crippen molar-refractivity contribution < 1.29 is 18.7 Å². The molecule has 29 heavy (non-hydrogen) atoms. The molecule has 148 valence electrons. The number of furan rings is 1. The maximum Gasteiger partial charge on any atom is 0.268 e. The van der Waals surface area contributed by atoms with E-state index in [0.29, 0.717) is 17.1 Å². The van der Waals surface area contributed by atoms with Crippen molar-refractivity contribution >= 4 is 17.9 Å². The molecule has 0 spiro atoms. The molecular formula is C23H22N2O4. The van der Waals surface area contributed by atoms with Gasteiger partial charge in [-0.1, -0.05) is 30.3 Å². The molecule has 0 bridgehead atoms. The average molecular weight is 390 g/mol. The van der Waals surface area contributed by atoms with Gasteiger partial charge in [-0.05, 0) is 48.9 Å². The summed E-state index contributed by atoms with van der Waals surface area (Å²) in [6.45, 7) is 1.88. The van der Waals surface area contributed by atoms with Gasteiger partial charge in [0, 0.05) is 11.6 Å². The third kappa shape index (κ3) is 5.35. The smallest absolute Gasteiger partial charge is 0.268 e. The summed E-state index contributed by atoms with van der Waals surface area (Å²) in [6, 6.07) is 19.4. The molecule has 2 N–H and O–H groups in total. The number of carbonyl (C=O) groups is 2. The minimum absolute atomic E-state index is 0.0866. The van der Waals surface area contributed by atoms with Gasteiger partial charge in [-0.2, -0.15) is 0 Å². The van der Waals surface area contributed by atoms with E-state index in [9.17, 15) is 9.59 Å². The van der Waals surface area contributed by atoms with E-state index in [1.165, 1.54) is 12.3 Å². The third-order valence-electron chi connectivity index (χ3n) is 4.32. The highest BCUT2D eigenvalue weighted by atomic mass is 16.5. The maximum atomic E-state index is 12.9. The quantitative estimate of drug-likeness (QED) is 0.599. The largest absolute Gasteiger partial charge is 0.497 e. The van der Waals surface area contributed by atoms with E-state index in [4.69, 9.17) is 9.15 Å². The van der Waals surface area contributed by atoms with Crippen LogP contribution in [0, 0.1) is 0 Å². The maximum absolute atomic E-state index is 12.9. The van der Waals surface area contributed by atoms with Crippen LogP contribution >= 0.6 is 0 Å². The number of benzene rings is 2. The molecular weight excluding hydrogens is 368 g/mol. The topological polar surface area (TPSA) is 80.6 Å². The Morgan fingerprint density at radius 2 is 1.72 bits per heavy atom. The number of ether oxygens (including phenoxy) is 1. The van der Waals surface area contributed by atoms with Crippen molar-refractivity contribution in [3.63, 3.8) is 0 Å². The number of methoxy groups -OCH3 is 1. The molecule has 0 aliphatic rings. The Hall–Kier alpha value is -3.80. The van der Waals surface area contributed by atoms with E-state index in [0.717, 1.165) is 5.56 Å². The number of hydrogen-bond donors (Lipinski definition) is 2. The highest BCUT2D eigenvalue weighted by Crippen LogP contribution is 2.15. The van der Waals surface area contributed by atoms with Gasteiger partial charge >= 0.3 is 0 Å². The van der Waals surface area contributed by atoms with E-state index in [-0.39, 0.29) is 11.7 Å². The first-order valence-corrected chi connectivity index (χ1v) is 9.13.